The van der Waals surface area contributed by atoms with Crippen molar-refractivity contribution in [2.24, 2.45) is 0 Å². The number of nitrogens with two attached hydrogens (primary N) is 1. The number of halogens is 1. The third-order valence-corrected chi connectivity index (χ3v) is 3.37. The molecule has 0 aliphatic carbocycles. The predicted molar refractivity (Wildman–Crippen MR) is 73.3 cm³/mol. The Morgan fingerprint density at radius 1 is 1.40 bits per heavy atom. The van der Waals surface area contributed by atoms with E-state index in [9.17, 15) is 9.18 Å². The lowest BCUT2D eigenvalue weighted by atomic mass is 10.1. The smallest absolute Gasteiger partial charge is 0.340 e. The van der Waals surface area contributed by atoms with Gasteiger partial charge in [-0.1, -0.05) is 0 Å². The van der Waals surface area contributed by atoms with E-state index in [1.165, 1.54) is 26.0 Å². The normalized spacial score (nSPS) is 15.3. The van der Waals surface area contributed by atoms with Gasteiger partial charge in [0, 0.05) is 18.3 Å². The number of likely N-dealkylation sites (tertiary alicyclic amines) is 1. The summed E-state index contributed by atoms with van der Waals surface area (Å²) in [7, 11) is 1.25. The molecule has 0 atom stereocenters. The van der Waals surface area contributed by atoms with Crippen LogP contribution in [-0.2, 0) is 4.74 Å². The number of esters is 1. The number of methoxy groups -OCH3 is 1. The van der Waals surface area contributed by atoms with Crippen molar-refractivity contribution >= 4 is 11.7 Å². The Bertz CT molecular complexity index is 488. The highest BCUT2D eigenvalue weighted by molar-refractivity contribution is 5.95. The average Bonchev–Trinajstić information content (AvgIpc) is 2.93. The molecule has 0 bridgehead atoms. The maximum absolute atomic E-state index is 13.7. The van der Waals surface area contributed by atoms with E-state index >= 15 is 0 Å². The van der Waals surface area contributed by atoms with E-state index in [1.54, 1.807) is 0 Å². The molecule has 0 aromatic heterocycles. The number of carbonyl (C=O) groups is 1. The van der Waals surface area contributed by atoms with E-state index in [0.717, 1.165) is 25.7 Å². The summed E-state index contributed by atoms with van der Waals surface area (Å²) >= 11 is 0. The largest absolute Gasteiger partial charge is 0.489 e. The molecule has 0 amide bonds. The number of ether oxygens (including phenoxy) is 2. The Hall–Kier alpha value is -1.82. The fourth-order valence-corrected chi connectivity index (χ4v) is 2.26. The van der Waals surface area contributed by atoms with Crippen LogP contribution < -0.4 is 10.5 Å². The van der Waals surface area contributed by atoms with E-state index < -0.39 is 11.8 Å². The minimum atomic E-state index is -0.605. The second kappa shape index (κ2) is 6.56. The van der Waals surface area contributed by atoms with Crippen LogP contribution in [0.15, 0.2) is 12.1 Å². The number of rotatable bonds is 5. The lowest BCUT2D eigenvalue weighted by Crippen LogP contribution is -2.25. The topological polar surface area (TPSA) is 64.8 Å². The zero-order chi connectivity index (χ0) is 14.5. The maximum atomic E-state index is 13.7. The molecule has 0 radical (unpaired) electrons. The molecule has 0 saturated carbocycles. The molecule has 1 saturated heterocycles. The number of benzene rings is 1. The van der Waals surface area contributed by atoms with Gasteiger partial charge in [-0.2, -0.15) is 0 Å². The Kier molecular flexibility index (Phi) is 4.79. The third-order valence-electron chi connectivity index (χ3n) is 3.37. The van der Waals surface area contributed by atoms with Crippen LogP contribution in [0.5, 0.6) is 5.75 Å². The van der Waals surface area contributed by atoms with Crippen LogP contribution in [-0.4, -0.2) is 44.2 Å². The van der Waals surface area contributed by atoms with Crippen molar-refractivity contribution in [3.8, 4) is 5.75 Å². The van der Waals surface area contributed by atoms with Gasteiger partial charge in [0.25, 0.3) is 0 Å². The van der Waals surface area contributed by atoms with Crippen LogP contribution in [0.1, 0.15) is 23.2 Å². The molecule has 5 nitrogen and oxygen atoms in total. The van der Waals surface area contributed by atoms with Crippen LogP contribution in [0.25, 0.3) is 0 Å². The molecule has 20 heavy (non-hydrogen) atoms. The molecule has 0 unspecified atom stereocenters. The first-order valence-electron chi connectivity index (χ1n) is 6.64. The number of nitrogen functional groups attached to an aromatic ring is 1. The zero-order valence-electron chi connectivity index (χ0n) is 11.5. The van der Waals surface area contributed by atoms with Crippen molar-refractivity contribution in [2.75, 3.05) is 39.1 Å². The van der Waals surface area contributed by atoms with Crippen LogP contribution in [0, 0.1) is 5.82 Å². The van der Waals surface area contributed by atoms with Gasteiger partial charge in [-0.05, 0) is 32.0 Å². The minimum absolute atomic E-state index is 0.0267. The molecule has 2 rings (SSSR count). The summed E-state index contributed by atoms with van der Waals surface area (Å²) in [5.74, 6) is -1.15. The van der Waals surface area contributed by atoms with Crippen molar-refractivity contribution in [2.45, 2.75) is 12.8 Å². The summed E-state index contributed by atoms with van der Waals surface area (Å²) in [5.41, 5.74) is 5.75. The van der Waals surface area contributed by atoms with E-state index in [0.29, 0.717) is 6.61 Å². The summed E-state index contributed by atoms with van der Waals surface area (Å²) in [6.07, 6.45) is 2.39. The molecule has 1 aliphatic rings. The van der Waals surface area contributed by atoms with E-state index in [-0.39, 0.29) is 17.0 Å². The molecule has 1 aromatic rings. The molecule has 2 N–H and O–H groups in total. The molecule has 0 spiro atoms. The summed E-state index contributed by atoms with van der Waals surface area (Å²) in [6, 6.07) is 2.37. The highest BCUT2D eigenvalue weighted by atomic mass is 19.1. The Morgan fingerprint density at radius 2 is 2.10 bits per heavy atom. The molecule has 1 aliphatic heterocycles. The summed E-state index contributed by atoms with van der Waals surface area (Å²) in [4.78, 5) is 13.8. The van der Waals surface area contributed by atoms with Gasteiger partial charge in [-0.25, -0.2) is 9.18 Å². The Morgan fingerprint density at radius 3 is 2.75 bits per heavy atom. The summed E-state index contributed by atoms with van der Waals surface area (Å²) in [6.45, 7) is 3.24. The number of anilines is 1. The first kappa shape index (κ1) is 14.6. The van der Waals surface area contributed by atoms with Crippen molar-refractivity contribution in [1.29, 1.82) is 0 Å². The van der Waals surface area contributed by atoms with Crippen LogP contribution in [0.3, 0.4) is 0 Å². The summed E-state index contributed by atoms with van der Waals surface area (Å²) < 4.78 is 23.7. The number of nitrogens with zero attached hydrogens (tertiary/aromatic N) is 1. The first-order valence-corrected chi connectivity index (χ1v) is 6.64. The molecule has 1 aromatic carbocycles. The van der Waals surface area contributed by atoms with Crippen molar-refractivity contribution < 1.29 is 18.7 Å². The minimum Gasteiger partial charge on any atom is -0.489 e. The maximum Gasteiger partial charge on any atom is 0.340 e. The SMILES string of the molecule is COC(=O)c1cc(OCCN2CCCC2)c(F)cc1N. The highest BCUT2D eigenvalue weighted by Gasteiger charge is 2.16. The van der Waals surface area contributed by atoms with Gasteiger partial charge < -0.3 is 15.2 Å². The van der Waals surface area contributed by atoms with Crippen molar-refractivity contribution in [3.63, 3.8) is 0 Å². The zero-order valence-corrected chi connectivity index (χ0v) is 11.5. The van der Waals surface area contributed by atoms with E-state index in [4.69, 9.17) is 10.5 Å². The standard InChI is InChI=1S/C14H19FN2O3/c1-19-14(18)10-8-13(11(15)9-12(10)16)20-7-6-17-4-2-3-5-17/h8-9H,2-7,16H2,1H3. The summed E-state index contributed by atoms with van der Waals surface area (Å²) in [5, 5.41) is 0. The van der Waals surface area contributed by atoms with Gasteiger partial charge in [0.15, 0.2) is 11.6 Å². The Labute approximate surface area is 117 Å². The predicted octanol–water partition coefficient (Wildman–Crippen LogP) is 1.67. The fourth-order valence-electron chi connectivity index (χ4n) is 2.26. The number of carbonyl (C=O) groups excluding carboxylic acids is 1. The number of hydrogen-bond acceptors (Lipinski definition) is 5. The third kappa shape index (κ3) is 3.39. The number of hydrogen-bond donors (Lipinski definition) is 1. The Balaban J connectivity index is 2.00. The van der Waals surface area contributed by atoms with E-state index in [1.807, 2.05) is 0 Å². The molecular weight excluding hydrogens is 263 g/mol. The lowest BCUT2D eigenvalue weighted by Gasteiger charge is -2.15. The van der Waals surface area contributed by atoms with Gasteiger partial charge in [-0.15, -0.1) is 0 Å². The first-order chi connectivity index (χ1) is 9.61. The molecular formula is C14H19FN2O3. The van der Waals surface area contributed by atoms with Crippen LogP contribution in [0.2, 0.25) is 0 Å². The monoisotopic (exact) mass is 282 g/mol. The second-order valence-electron chi connectivity index (χ2n) is 4.76. The van der Waals surface area contributed by atoms with Gasteiger partial charge in [0.2, 0.25) is 0 Å². The van der Waals surface area contributed by atoms with Gasteiger partial charge in [0.05, 0.1) is 12.7 Å². The molecule has 6 heteroatoms. The fraction of sp³-hybridized carbons (Fsp3) is 0.500. The molecule has 1 heterocycles. The van der Waals surface area contributed by atoms with Crippen molar-refractivity contribution in [1.82, 2.24) is 4.90 Å². The van der Waals surface area contributed by atoms with Gasteiger partial charge in [-0.3, -0.25) is 4.90 Å². The van der Waals surface area contributed by atoms with Gasteiger partial charge in [0.1, 0.15) is 6.61 Å². The average molecular weight is 282 g/mol. The molecule has 110 valence electrons. The highest BCUT2D eigenvalue weighted by Crippen LogP contribution is 2.25. The van der Waals surface area contributed by atoms with Gasteiger partial charge >= 0.3 is 5.97 Å². The quantitative estimate of drug-likeness (QED) is 0.657. The second-order valence-corrected chi connectivity index (χ2v) is 4.76. The van der Waals surface area contributed by atoms with Crippen LogP contribution >= 0.6 is 0 Å². The lowest BCUT2D eigenvalue weighted by molar-refractivity contribution is 0.0601. The van der Waals surface area contributed by atoms with Crippen LogP contribution in [0.4, 0.5) is 10.1 Å². The van der Waals surface area contributed by atoms with Crippen molar-refractivity contribution in [3.05, 3.63) is 23.5 Å². The molecule has 1 fully saturated rings. The van der Waals surface area contributed by atoms with E-state index in [2.05, 4.69) is 9.64 Å².